The highest BCUT2D eigenvalue weighted by Gasteiger charge is 2.22. The highest BCUT2D eigenvalue weighted by molar-refractivity contribution is 7.90. The van der Waals surface area contributed by atoms with Gasteiger partial charge in [-0.05, 0) is 45.4 Å². The van der Waals surface area contributed by atoms with Crippen LogP contribution in [0.3, 0.4) is 0 Å². The molecule has 0 aliphatic heterocycles. The largest absolute Gasteiger partial charge is 0.310 e. The summed E-state index contributed by atoms with van der Waals surface area (Å²) < 4.78 is 28.7. The lowest BCUT2D eigenvalue weighted by atomic mass is 10.1. The maximum absolute atomic E-state index is 12.3. The Bertz CT molecular complexity index is 544. The van der Waals surface area contributed by atoms with Crippen LogP contribution in [-0.4, -0.2) is 32.4 Å². The van der Waals surface area contributed by atoms with E-state index in [0.29, 0.717) is 5.69 Å². The molecule has 1 unspecified atom stereocenters. The van der Waals surface area contributed by atoms with Gasteiger partial charge in [0.2, 0.25) is 0 Å². The maximum Gasteiger partial charge on any atom is 0.301 e. The topological polar surface area (TPSA) is 61.4 Å². The van der Waals surface area contributed by atoms with Crippen molar-refractivity contribution in [1.82, 2.24) is 9.62 Å². The summed E-state index contributed by atoms with van der Waals surface area (Å²) in [4.78, 5) is 0. The molecule has 0 aromatic heterocycles. The monoisotopic (exact) mass is 313 g/mol. The summed E-state index contributed by atoms with van der Waals surface area (Å²) in [5.74, 6) is 0. The minimum absolute atomic E-state index is 0.0909. The third kappa shape index (κ3) is 4.98. The average Bonchev–Trinajstić information content (AvgIpc) is 2.43. The number of hydrogen-bond donors (Lipinski definition) is 2. The summed E-state index contributed by atoms with van der Waals surface area (Å²) in [6.45, 7) is 8.72. The zero-order valence-corrected chi connectivity index (χ0v) is 14.4. The van der Waals surface area contributed by atoms with E-state index < -0.39 is 10.2 Å². The fourth-order valence-electron chi connectivity index (χ4n) is 1.93. The van der Waals surface area contributed by atoms with E-state index in [2.05, 4.69) is 17.0 Å². The first kappa shape index (κ1) is 17.9. The van der Waals surface area contributed by atoms with E-state index in [1.165, 1.54) is 4.31 Å². The molecule has 0 radical (unpaired) electrons. The van der Waals surface area contributed by atoms with Crippen LogP contribution < -0.4 is 10.0 Å². The predicted octanol–water partition coefficient (Wildman–Crippen LogP) is 2.74. The number of nitrogens with one attached hydrogen (secondary N) is 2. The lowest BCUT2D eigenvalue weighted by Gasteiger charge is -2.24. The third-order valence-electron chi connectivity index (χ3n) is 3.47. The molecule has 0 bridgehead atoms. The molecule has 1 atom stereocenters. The molecule has 0 aliphatic rings. The molecule has 120 valence electrons. The smallest absolute Gasteiger partial charge is 0.301 e. The summed E-state index contributed by atoms with van der Waals surface area (Å²) in [5.41, 5.74) is 1.58. The Hall–Kier alpha value is -1.11. The van der Waals surface area contributed by atoms with Crippen molar-refractivity contribution in [3.8, 4) is 0 Å². The Balaban J connectivity index is 2.99. The SMILES string of the molecule is CCCNC(C)c1ccccc1NS(=O)(=O)N(C)C(C)C. The molecule has 0 saturated carbocycles. The van der Waals surface area contributed by atoms with Gasteiger partial charge in [-0.3, -0.25) is 4.72 Å². The molecule has 0 fully saturated rings. The summed E-state index contributed by atoms with van der Waals surface area (Å²) in [5, 5.41) is 3.38. The highest BCUT2D eigenvalue weighted by Crippen LogP contribution is 2.24. The molecule has 1 rings (SSSR count). The Morgan fingerprint density at radius 1 is 1.19 bits per heavy atom. The number of para-hydroxylation sites is 1. The standard InChI is InChI=1S/C15H27N3O2S/c1-6-11-16-13(4)14-9-7-8-10-15(14)17-21(19,20)18(5)12(2)3/h7-10,12-13,16-17H,6,11H2,1-5H3. The van der Waals surface area contributed by atoms with E-state index in [1.54, 1.807) is 13.1 Å². The van der Waals surface area contributed by atoms with Crippen LogP contribution in [0.2, 0.25) is 0 Å². The number of anilines is 1. The first-order valence-electron chi connectivity index (χ1n) is 7.37. The lowest BCUT2D eigenvalue weighted by molar-refractivity contribution is 0.414. The fourth-order valence-corrected chi connectivity index (χ4v) is 3.09. The normalized spacial score (nSPS) is 13.7. The van der Waals surface area contributed by atoms with Crippen LogP contribution in [0.25, 0.3) is 0 Å². The third-order valence-corrected chi connectivity index (χ3v) is 5.13. The molecule has 0 spiro atoms. The highest BCUT2D eigenvalue weighted by atomic mass is 32.2. The quantitative estimate of drug-likeness (QED) is 0.776. The molecule has 1 aromatic carbocycles. The average molecular weight is 313 g/mol. The summed E-state index contributed by atoms with van der Waals surface area (Å²) in [6, 6.07) is 7.50. The van der Waals surface area contributed by atoms with E-state index in [9.17, 15) is 8.42 Å². The van der Waals surface area contributed by atoms with Gasteiger partial charge in [0.15, 0.2) is 0 Å². The molecule has 0 aliphatic carbocycles. The number of nitrogens with zero attached hydrogens (tertiary/aromatic N) is 1. The summed E-state index contributed by atoms with van der Waals surface area (Å²) in [7, 11) is -1.96. The summed E-state index contributed by atoms with van der Waals surface area (Å²) >= 11 is 0. The number of rotatable bonds is 8. The van der Waals surface area contributed by atoms with E-state index in [-0.39, 0.29) is 12.1 Å². The van der Waals surface area contributed by atoms with Crippen LogP contribution in [0, 0.1) is 0 Å². The van der Waals surface area contributed by atoms with Crippen molar-refractivity contribution in [3.63, 3.8) is 0 Å². The maximum atomic E-state index is 12.3. The Morgan fingerprint density at radius 3 is 2.38 bits per heavy atom. The summed E-state index contributed by atoms with van der Waals surface area (Å²) in [6.07, 6.45) is 1.04. The van der Waals surface area contributed by atoms with Gasteiger partial charge in [-0.25, -0.2) is 0 Å². The second-order valence-corrected chi connectivity index (χ2v) is 7.21. The van der Waals surface area contributed by atoms with Crippen molar-refractivity contribution >= 4 is 15.9 Å². The number of benzene rings is 1. The van der Waals surface area contributed by atoms with Gasteiger partial charge in [0.25, 0.3) is 0 Å². The van der Waals surface area contributed by atoms with Crippen LogP contribution in [0.1, 0.15) is 45.7 Å². The first-order valence-corrected chi connectivity index (χ1v) is 8.81. The molecule has 0 amide bonds. The van der Waals surface area contributed by atoms with Gasteiger partial charge in [-0.2, -0.15) is 12.7 Å². The zero-order valence-electron chi connectivity index (χ0n) is 13.6. The minimum atomic E-state index is -3.53. The van der Waals surface area contributed by atoms with Gasteiger partial charge in [0.05, 0.1) is 5.69 Å². The molecule has 0 heterocycles. The Kier molecular flexibility index (Phi) is 6.64. The van der Waals surface area contributed by atoms with Crippen molar-refractivity contribution in [2.45, 2.75) is 46.2 Å². The van der Waals surface area contributed by atoms with Gasteiger partial charge in [-0.1, -0.05) is 25.1 Å². The fraction of sp³-hybridized carbons (Fsp3) is 0.600. The van der Waals surface area contributed by atoms with Crippen LogP contribution in [0.5, 0.6) is 0 Å². The molecule has 6 heteroatoms. The van der Waals surface area contributed by atoms with Gasteiger partial charge in [0.1, 0.15) is 0 Å². The van der Waals surface area contributed by atoms with E-state index in [0.717, 1.165) is 18.5 Å². The van der Waals surface area contributed by atoms with E-state index >= 15 is 0 Å². The molecule has 2 N–H and O–H groups in total. The van der Waals surface area contributed by atoms with E-state index in [1.807, 2.05) is 39.0 Å². The molecular weight excluding hydrogens is 286 g/mol. The van der Waals surface area contributed by atoms with Crippen LogP contribution in [0.4, 0.5) is 5.69 Å². The van der Waals surface area contributed by atoms with Crippen molar-refractivity contribution in [1.29, 1.82) is 0 Å². The van der Waals surface area contributed by atoms with E-state index in [4.69, 9.17) is 0 Å². The van der Waals surface area contributed by atoms with Crippen molar-refractivity contribution in [2.75, 3.05) is 18.3 Å². The minimum Gasteiger partial charge on any atom is -0.310 e. The van der Waals surface area contributed by atoms with Crippen LogP contribution >= 0.6 is 0 Å². The van der Waals surface area contributed by atoms with Crippen molar-refractivity contribution in [3.05, 3.63) is 29.8 Å². The Morgan fingerprint density at radius 2 is 1.81 bits per heavy atom. The number of hydrogen-bond acceptors (Lipinski definition) is 3. The lowest BCUT2D eigenvalue weighted by Crippen LogP contribution is -2.37. The molecule has 1 aromatic rings. The van der Waals surface area contributed by atoms with Gasteiger partial charge >= 0.3 is 10.2 Å². The van der Waals surface area contributed by atoms with Crippen molar-refractivity contribution < 1.29 is 8.42 Å². The van der Waals surface area contributed by atoms with Gasteiger partial charge < -0.3 is 5.32 Å². The molecule has 5 nitrogen and oxygen atoms in total. The Labute approximate surface area is 128 Å². The predicted molar refractivity (Wildman–Crippen MR) is 88.6 cm³/mol. The van der Waals surface area contributed by atoms with Gasteiger partial charge in [-0.15, -0.1) is 0 Å². The van der Waals surface area contributed by atoms with Crippen LogP contribution in [0.15, 0.2) is 24.3 Å². The van der Waals surface area contributed by atoms with Gasteiger partial charge in [0, 0.05) is 19.1 Å². The molecular formula is C15H27N3O2S. The molecule has 21 heavy (non-hydrogen) atoms. The second kappa shape index (κ2) is 7.77. The first-order chi connectivity index (χ1) is 9.79. The molecule has 0 saturated heterocycles. The van der Waals surface area contributed by atoms with Crippen LogP contribution in [-0.2, 0) is 10.2 Å². The van der Waals surface area contributed by atoms with Crippen molar-refractivity contribution in [2.24, 2.45) is 0 Å². The zero-order chi connectivity index (χ0) is 16.0. The second-order valence-electron chi connectivity index (χ2n) is 5.48.